The van der Waals surface area contributed by atoms with E-state index in [0.717, 1.165) is 12.8 Å². The molecule has 0 radical (unpaired) electrons. The van der Waals surface area contributed by atoms with Gasteiger partial charge < -0.3 is 10.6 Å². The summed E-state index contributed by atoms with van der Waals surface area (Å²) in [6.45, 7) is 10.4. The normalized spacial score (nSPS) is 13.0. The molecule has 0 saturated carbocycles. The Morgan fingerprint density at radius 3 is 1.76 bits per heavy atom. The van der Waals surface area contributed by atoms with Crippen LogP contribution in [0.3, 0.4) is 0 Å². The maximum atomic E-state index is 9.00. The number of hydrogen-bond acceptors (Lipinski definition) is 2. The third-order valence-corrected chi connectivity index (χ3v) is 5.74. The highest BCUT2D eigenvalue weighted by molar-refractivity contribution is 7.37. The van der Waals surface area contributed by atoms with Crippen molar-refractivity contribution in [3.05, 3.63) is 0 Å². The maximum Gasteiger partial charge on any atom is 0.300 e. The van der Waals surface area contributed by atoms with Crippen molar-refractivity contribution in [3.63, 3.8) is 0 Å². The van der Waals surface area contributed by atoms with Crippen molar-refractivity contribution in [1.29, 1.82) is 0 Å². The summed E-state index contributed by atoms with van der Waals surface area (Å²) >= 11 is 0. The molecule has 0 amide bonds. The van der Waals surface area contributed by atoms with E-state index in [0.29, 0.717) is 13.9 Å². The highest BCUT2D eigenvalue weighted by Gasteiger charge is 2.33. The zero-order valence-corrected chi connectivity index (χ0v) is 15.9. The molecule has 0 fully saturated rings. The summed E-state index contributed by atoms with van der Waals surface area (Å²) in [5.41, 5.74) is 6.19. The Morgan fingerprint density at radius 2 is 1.48 bits per heavy atom. The van der Waals surface area contributed by atoms with E-state index in [-0.39, 0.29) is 0 Å². The smallest absolute Gasteiger partial charge is 0.300 e. The van der Waals surface area contributed by atoms with Gasteiger partial charge >= 0.3 is 0 Å². The van der Waals surface area contributed by atoms with Crippen LogP contribution in [-0.2, 0) is 4.79 Å². The van der Waals surface area contributed by atoms with E-state index in [1.807, 2.05) is 0 Å². The molecule has 3 N–H and O–H groups in total. The first kappa shape index (κ1) is 23.1. The van der Waals surface area contributed by atoms with Crippen LogP contribution < -0.4 is 5.50 Å². The molecule has 21 heavy (non-hydrogen) atoms. The number of carbonyl (C=O) groups is 1. The van der Waals surface area contributed by atoms with Crippen LogP contribution in [0.15, 0.2) is 0 Å². The molecule has 128 valence electrons. The van der Waals surface area contributed by atoms with E-state index < -0.39 is 5.97 Å². The summed E-state index contributed by atoms with van der Waals surface area (Å²) in [6, 6.07) is 0. The standard InChI is InChI=1S/C15H34NP.C2H4O2/c1-5-8-11-14(4)15(17-16,12-9-6-2)13-10-7-3;1-2(3)4/h14,17H,5-13,16H2,1-4H3;1H3,(H,3,4). The molecule has 0 aliphatic rings. The van der Waals surface area contributed by atoms with Crippen LogP contribution in [0.2, 0.25) is 0 Å². The van der Waals surface area contributed by atoms with Gasteiger partial charge in [-0.05, 0) is 25.2 Å². The van der Waals surface area contributed by atoms with Gasteiger partial charge in [0.05, 0.1) is 0 Å². The topological polar surface area (TPSA) is 63.3 Å². The lowest BCUT2D eigenvalue weighted by Crippen LogP contribution is -2.33. The Hall–Kier alpha value is -0.140. The van der Waals surface area contributed by atoms with Crippen LogP contribution in [-0.4, -0.2) is 16.2 Å². The molecule has 0 aliphatic heterocycles. The lowest BCUT2D eigenvalue weighted by atomic mass is 9.81. The number of carboxylic acid groups (broad SMARTS) is 1. The molecule has 3 nitrogen and oxygen atoms in total. The summed E-state index contributed by atoms with van der Waals surface area (Å²) in [6.07, 6.45) is 12.1. The van der Waals surface area contributed by atoms with Gasteiger partial charge in [0.15, 0.2) is 0 Å². The molecule has 0 aliphatic carbocycles. The van der Waals surface area contributed by atoms with Crippen LogP contribution in [0.25, 0.3) is 0 Å². The van der Waals surface area contributed by atoms with Gasteiger partial charge in [-0.3, -0.25) is 4.79 Å². The number of nitrogens with two attached hydrogens (primary N) is 1. The van der Waals surface area contributed by atoms with Crippen LogP contribution in [0.1, 0.15) is 92.4 Å². The van der Waals surface area contributed by atoms with Crippen LogP contribution in [0.5, 0.6) is 0 Å². The number of hydrogen-bond donors (Lipinski definition) is 2. The Balaban J connectivity index is 0. The second kappa shape index (κ2) is 14.8. The minimum absolute atomic E-state index is 0.460. The number of aliphatic carboxylic acids is 1. The SMILES string of the molecule is CC(=O)O.CCCCC(C)C(CCCC)(CCCC)PN. The molecule has 0 spiro atoms. The molecule has 0 aromatic carbocycles. The Kier molecular flexibility index (Phi) is 16.3. The van der Waals surface area contributed by atoms with E-state index >= 15 is 0 Å². The first-order valence-electron chi connectivity index (χ1n) is 8.57. The summed E-state index contributed by atoms with van der Waals surface area (Å²) in [5, 5.41) is 7.88. The molecule has 4 heteroatoms. The summed E-state index contributed by atoms with van der Waals surface area (Å²) in [7, 11) is 0.630. The van der Waals surface area contributed by atoms with Gasteiger partial charge in [-0.15, -0.1) is 0 Å². The third kappa shape index (κ3) is 12.1. The van der Waals surface area contributed by atoms with Crippen LogP contribution in [0.4, 0.5) is 0 Å². The van der Waals surface area contributed by atoms with Crippen molar-refractivity contribution in [2.75, 3.05) is 0 Å². The highest BCUT2D eigenvalue weighted by atomic mass is 31.1. The van der Waals surface area contributed by atoms with Crippen molar-refractivity contribution in [1.82, 2.24) is 0 Å². The summed E-state index contributed by atoms with van der Waals surface area (Å²) in [4.78, 5) is 9.00. The second-order valence-corrected chi connectivity index (χ2v) is 7.35. The summed E-state index contributed by atoms with van der Waals surface area (Å²) < 4.78 is 0. The van der Waals surface area contributed by atoms with E-state index in [1.165, 1.54) is 57.8 Å². The number of carboxylic acids is 1. The van der Waals surface area contributed by atoms with Crippen molar-refractivity contribution >= 4 is 14.7 Å². The average molecular weight is 319 g/mol. The lowest BCUT2D eigenvalue weighted by Gasteiger charge is -2.39. The fourth-order valence-electron chi connectivity index (χ4n) is 2.68. The quantitative estimate of drug-likeness (QED) is 0.489. The molecule has 2 atom stereocenters. The van der Waals surface area contributed by atoms with Crippen molar-refractivity contribution in [2.45, 2.75) is 97.6 Å². The number of rotatable bonds is 11. The zero-order valence-electron chi connectivity index (χ0n) is 14.9. The maximum absolute atomic E-state index is 9.00. The van der Waals surface area contributed by atoms with E-state index in [9.17, 15) is 0 Å². The fourth-order valence-corrected chi connectivity index (χ4v) is 3.75. The highest BCUT2D eigenvalue weighted by Crippen LogP contribution is 2.44. The molecule has 0 saturated heterocycles. The van der Waals surface area contributed by atoms with E-state index in [4.69, 9.17) is 15.4 Å². The van der Waals surface area contributed by atoms with Crippen molar-refractivity contribution in [2.24, 2.45) is 11.4 Å². The molecule has 0 heterocycles. The van der Waals surface area contributed by atoms with Gasteiger partial charge in [-0.25, -0.2) is 0 Å². The predicted molar refractivity (Wildman–Crippen MR) is 96.3 cm³/mol. The van der Waals surface area contributed by atoms with Gasteiger partial charge in [0.25, 0.3) is 5.97 Å². The van der Waals surface area contributed by atoms with Gasteiger partial charge in [0.1, 0.15) is 0 Å². The zero-order chi connectivity index (χ0) is 16.7. The van der Waals surface area contributed by atoms with Gasteiger partial charge in [-0.2, -0.15) is 0 Å². The number of unbranched alkanes of at least 4 members (excludes halogenated alkanes) is 3. The molecular weight excluding hydrogens is 281 g/mol. The minimum atomic E-state index is -0.833. The first-order valence-corrected chi connectivity index (χ1v) is 9.65. The van der Waals surface area contributed by atoms with E-state index in [2.05, 4.69) is 27.7 Å². The second-order valence-electron chi connectivity index (χ2n) is 6.07. The molecule has 0 bridgehead atoms. The predicted octanol–water partition coefficient (Wildman–Crippen LogP) is 5.58. The van der Waals surface area contributed by atoms with Gasteiger partial charge in [-0.1, -0.05) is 75.0 Å². The van der Waals surface area contributed by atoms with Gasteiger partial charge in [0, 0.05) is 12.1 Å². The van der Waals surface area contributed by atoms with Gasteiger partial charge in [0.2, 0.25) is 0 Å². The molecular formula is C17H38NO2P. The first-order chi connectivity index (χ1) is 9.90. The fraction of sp³-hybridized carbons (Fsp3) is 0.941. The monoisotopic (exact) mass is 319 g/mol. The van der Waals surface area contributed by atoms with E-state index in [1.54, 1.807) is 0 Å². The molecule has 0 aromatic heterocycles. The third-order valence-electron chi connectivity index (χ3n) is 4.17. The van der Waals surface area contributed by atoms with Crippen LogP contribution in [0, 0.1) is 5.92 Å². The lowest BCUT2D eigenvalue weighted by molar-refractivity contribution is -0.134. The largest absolute Gasteiger partial charge is 0.481 e. The Morgan fingerprint density at radius 1 is 1.10 bits per heavy atom. The summed E-state index contributed by atoms with van der Waals surface area (Å²) in [5.74, 6) is -0.0242. The Bertz CT molecular complexity index is 235. The average Bonchev–Trinajstić information content (AvgIpc) is 2.45. The molecule has 2 unspecified atom stereocenters. The minimum Gasteiger partial charge on any atom is -0.481 e. The molecule has 0 aromatic rings. The van der Waals surface area contributed by atoms with Crippen LogP contribution >= 0.6 is 8.73 Å². The molecule has 0 rings (SSSR count). The van der Waals surface area contributed by atoms with Crippen molar-refractivity contribution < 1.29 is 9.90 Å². The van der Waals surface area contributed by atoms with Crippen molar-refractivity contribution in [3.8, 4) is 0 Å². The Labute approximate surface area is 134 Å².